The smallest absolute Gasteiger partial charge is 0.429 e. The van der Waals surface area contributed by atoms with E-state index in [9.17, 15) is 9.82 Å². The van der Waals surface area contributed by atoms with Crippen molar-refractivity contribution in [1.82, 2.24) is 4.98 Å². The first-order chi connectivity index (χ1) is 13.2. The molecular formula is C21H22BN3O2S. The van der Waals surface area contributed by atoms with E-state index in [1.807, 2.05) is 54.7 Å². The number of ketones is 1. The Kier molecular flexibility index (Phi) is 6.19. The molecule has 1 aromatic heterocycles. The van der Waals surface area contributed by atoms with Crippen molar-refractivity contribution in [3.63, 3.8) is 0 Å². The molecule has 5 nitrogen and oxygen atoms in total. The largest absolute Gasteiger partial charge is 0.438 e. The zero-order valence-electron chi connectivity index (χ0n) is 15.3. The maximum absolute atomic E-state index is 13.0. The summed E-state index contributed by atoms with van der Waals surface area (Å²) >= 11 is 0. The van der Waals surface area contributed by atoms with E-state index in [1.54, 1.807) is 12.2 Å². The topological polar surface area (TPSA) is 88.2 Å². The van der Waals surface area contributed by atoms with Crippen LogP contribution in [0, 0.1) is 0 Å². The van der Waals surface area contributed by atoms with Crippen LogP contribution in [0.2, 0.25) is 0 Å². The Balaban J connectivity index is 0.00000225. The van der Waals surface area contributed by atoms with Crippen molar-refractivity contribution >= 4 is 48.9 Å². The van der Waals surface area contributed by atoms with Gasteiger partial charge in [-0.3, -0.25) is 9.78 Å². The fourth-order valence-electron chi connectivity index (χ4n) is 3.59. The second kappa shape index (κ2) is 8.60. The molecular weight excluding hydrogens is 369 g/mol. The molecule has 0 saturated carbocycles. The Morgan fingerprint density at radius 2 is 2.07 bits per heavy atom. The lowest BCUT2D eigenvalue weighted by Gasteiger charge is -2.22. The zero-order chi connectivity index (χ0) is 18.8. The summed E-state index contributed by atoms with van der Waals surface area (Å²) in [6.45, 7) is 0.239. The molecule has 0 unspecified atom stereocenters. The highest BCUT2D eigenvalue weighted by Crippen LogP contribution is 2.31. The Hall–Kier alpha value is -2.61. The number of carbonyl (C=O) groups excluding carboxylic acids is 1. The minimum Gasteiger partial charge on any atom is -0.429 e. The van der Waals surface area contributed by atoms with Crippen LogP contribution in [0.4, 0.5) is 5.69 Å². The zero-order valence-corrected chi connectivity index (χ0v) is 16.3. The fraction of sp³-hybridized carbons (Fsp3) is 0.143. The maximum Gasteiger partial charge on any atom is 0.438 e. The number of aromatic nitrogens is 1. The number of hydrogen-bond acceptors (Lipinski definition) is 5. The van der Waals surface area contributed by atoms with E-state index in [4.69, 9.17) is 5.73 Å². The highest BCUT2D eigenvalue weighted by atomic mass is 32.1. The molecule has 28 heavy (non-hydrogen) atoms. The minimum atomic E-state index is -0.716. The number of anilines is 1. The third kappa shape index (κ3) is 3.97. The summed E-state index contributed by atoms with van der Waals surface area (Å²) in [6.07, 6.45) is 5.74. The standard InChI is InChI=1S/C21H20BN3O2.H2S/c23-12-19(17-2-1-3-20-18(17)6-8-22(27)25-20)21(26)11-14-4-5-16-13-24-9-7-15(16)10-14;/h1-10,13,19,25,27H,11-12,23H2;1H2/t19-;/m1./s1. The van der Waals surface area contributed by atoms with Gasteiger partial charge in [-0.05, 0) is 34.2 Å². The predicted octanol–water partition coefficient (Wildman–Crippen LogP) is 2.66. The van der Waals surface area contributed by atoms with E-state index in [-0.39, 0.29) is 25.8 Å². The number of rotatable bonds is 5. The lowest BCUT2D eigenvalue weighted by Crippen LogP contribution is -2.28. The molecule has 0 radical (unpaired) electrons. The lowest BCUT2D eigenvalue weighted by atomic mass is 9.77. The van der Waals surface area contributed by atoms with Crippen LogP contribution in [0.3, 0.4) is 0 Å². The van der Waals surface area contributed by atoms with Crippen LogP contribution >= 0.6 is 13.5 Å². The fourth-order valence-corrected chi connectivity index (χ4v) is 3.59. The molecule has 0 amide bonds. The molecule has 2 heterocycles. The molecule has 4 rings (SSSR count). The molecule has 0 saturated heterocycles. The first-order valence-corrected chi connectivity index (χ1v) is 8.97. The van der Waals surface area contributed by atoms with Gasteiger partial charge in [0.1, 0.15) is 5.78 Å². The lowest BCUT2D eigenvalue weighted by molar-refractivity contribution is -0.119. The number of pyridine rings is 1. The number of carbonyl (C=O) groups is 1. The Morgan fingerprint density at radius 1 is 1.21 bits per heavy atom. The van der Waals surface area contributed by atoms with Gasteiger partial charge in [0.05, 0.1) is 5.92 Å². The van der Waals surface area contributed by atoms with Crippen molar-refractivity contribution in [1.29, 1.82) is 0 Å². The van der Waals surface area contributed by atoms with Gasteiger partial charge >= 0.3 is 7.05 Å². The van der Waals surface area contributed by atoms with Gasteiger partial charge in [-0.2, -0.15) is 13.5 Å². The summed E-state index contributed by atoms with van der Waals surface area (Å²) in [5.74, 6) is 1.36. The average molecular weight is 391 g/mol. The van der Waals surface area contributed by atoms with Crippen molar-refractivity contribution in [3.05, 3.63) is 77.5 Å². The number of fused-ring (bicyclic) bond motifs is 2. The SMILES string of the molecule is NC[C@@H](C(=O)Cc1ccc2cnccc2c1)c1cccc2c1C=CB(O)N2.S. The Bertz CT molecular complexity index is 1040. The summed E-state index contributed by atoms with van der Waals surface area (Å²) in [6, 6.07) is 13.6. The van der Waals surface area contributed by atoms with Crippen molar-refractivity contribution in [2.75, 3.05) is 11.8 Å². The average Bonchev–Trinajstić information content (AvgIpc) is 2.68. The monoisotopic (exact) mass is 391 g/mol. The van der Waals surface area contributed by atoms with Gasteiger partial charge in [-0.1, -0.05) is 42.4 Å². The normalized spacial score (nSPS) is 13.4. The van der Waals surface area contributed by atoms with Crippen LogP contribution in [0.1, 0.15) is 22.6 Å². The van der Waals surface area contributed by atoms with E-state index in [0.29, 0.717) is 6.42 Å². The van der Waals surface area contributed by atoms with Gasteiger partial charge in [0.2, 0.25) is 0 Å². The number of nitrogens with one attached hydrogen (secondary N) is 1. The summed E-state index contributed by atoms with van der Waals surface area (Å²) < 4.78 is 0. The van der Waals surface area contributed by atoms with Crippen LogP contribution in [-0.4, -0.2) is 29.4 Å². The van der Waals surface area contributed by atoms with Crippen molar-refractivity contribution in [2.45, 2.75) is 12.3 Å². The van der Waals surface area contributed by atoms with Gasteiger partial charge in [-0.25, -0.2) is 0 Å². The molecule has 0 aliphatic carbocycles. The number of benzene rings is 2. The quantitative estimate of drug-likeness (QED) is 0.582. The molecule has 0 bridgehead atoms. The summed E-state index contributed by atoms with van der Waals surface area (Å²) in [5.41, 5.74) is 9.57. The van der Waals surface area contributed by atoms with Gasteiger partial charge in [0.25, 0.3) is 0 Å². The third-order valence-electron chi connectivity index (χ3n) is 4.97. The second-order valence-corrected chi connectivity index (χ2v) is 6.75. The van der Waals surface area contributed by atoms with Crippen molar-refractivity contribution in [2.24, 2.45) is 5.73 Å². The first kappa shape index (κ1) is 20.1. The molecule has 7 heteroatoms. The highest BCUT2D eigenvalue weighted by molar-refractivity contribution is 7.59. The van der Waals surface area contributed by atoms with Crippen LogP contribution in [0.15, 0.2) is 60.8 Å². The maximum atomic E-state index is 13.0. The first-order valence-electron chi connectivity index (χ1n) is 8.97. The second-order valence-electron chi connectivity index (χ2n) is 6.75. The van der Waals surface area contributed by atoms with Crippen molar-refractivity contribution < 1.29 is 9.82 Å². The Morgan fingerprint density at radius 3 is 2.89 bits per heavy atom. The molecule has 1 aliphatic heterocycles. The molecule has 2 aromatic carbocycles. The highest BCUT2D eigenvalue weighted by Gasteiger charge is 2.25. The van der Waals surface area contributed by atoms with E-state index < -0.39 is 13.0 Å². The molecule has 3 aromatic rings. The van der Waals surface area contributed by atoms with Gasteiger partial charge in [0, 0.05) is 36.4 Å². The summed E-state index contributed by atoms with van der Waals surface area (Å²) in [4.78, 5) is 17.2. The molecule has 0 fully saturated rings. The molecule has 4 N–H and O–H groups in total. The van der Waals surface area contributed by atoms with Crippen molar-refractivity contribution in [3.8, 4) is 0 Å². The number of Topliss-reactive ketones (excluding diaryl/α,β-unsaturated/α-hetero) is 1. The van der Waals surface area contributed by atoms with Crippen LogP contribution < -0.4 is 11.0 Å². The van der Waals surface area contributed by atoms with E-state index in [1.165, 1.54) is 0 Å². The van der Waals surface area contributed by atoms with E-state index in [2.05, 4.69) is 10.2 Å². The number of hydrogen-bond donors (Lipinski definition) is 3. The van der Waals surface area contributed by atoms with Gasteiger partial charge < -0.3 is 16.0 Å². The molecule has 1 atom stereocenters. The van der Waals surface area contributed by atoms with Crippen LogP contribution in [0.5, 0.6) is 0 Å². The Labute approximate surface area is 171 Å². The summed E-state index contributed by atoms with van der Waals surface area (Å²) in [5, 5.41) is 14.9. The minimum absolute atomic E-state index is 0. The summed E-state index contributed by atoms with van der Waals surface area (Å²) in [7, 11) is -0.716. The molecule has 0 spiro atoms. The van der Waals surface area contributed by atoms with E-state index in [0.717, 1.165) is 33.2 Å². The number of nitrogens with two attached hydrogens (primary N) is 1. The van der Waals surface area contributed by atoms with Gasteiger partial charge in [0.15, 0.2) is 0 Å². The van der Waals surface area contributed by atoms with E-state index >= 15 is 0 Å². The predicted molar refractivity (Wildman–Crippen MR) is 120 cm³/mol. The van der Waals surface area contributed by atoms with Crippen LogP contribution in [0.25, 0.3) is 16.8 Å². The molecule has 142 valence electrons. The molecule has 1 aliphatic rings. The number of nitrogens with zero attached hydrogens (tertiary/aromatic N) is 1. The third-order valence-corrected chi connectivity index (χ3v) is 4.97. The van der Waals surface area contributed by atoms with Gasteiger partial charge in [-0.15, -0.1) is 0 Å². The van der Waals surface area contributed by atoms with Crippen LogP contribution in [-0.2, 0) is 11.2 Å².